The average molecular weight is 276 g/mol. The summed E-state index contributed by atoms with van der Waals surface area (Å²) in [6.07, 6.45) is 0. The van der Waals surface area contributed by atoms with Gasteiger partial charge < -0.3 is 19.8 Å². The first kappa shape index (κ1) is 16.9. The molecule has 0 bridgehead atoms. The molecule has 60 valence electrons. The Hall–Kier alpha value is 0.537. The van der Waals surface area contributed by atoms with Crippen molar-refractivity contribution in [2.24, 2.45) is 0 Å². The van der Waals surface area contributed by atoms with Crippen LogP contribution in [0.3, 0.4) is 0 Å². The Labute approximate surface area is 94.1 Å². The number of rotatable bonds is 0. The Balaban J connectivity index is -0.0000000910. The summed E-state index contributed by atoms with van der Waals surface area (Å²) < 4.78 is 1.00. The Bertz CT molecular complexity index is 81.0. The van der Waals surface area contributed by atoms with Crippen molar-refractivity contribution in [3.8, 4) is 0 Å². The van der Waals surface area contributed by atoms with E-state index in [1.54, 1.807) is 0 Å². The molecule has 0 rings (SSSR count). The summed E-state index contributed by atoms with van der Waals surface area (Å²) >= 11 is 0. The molecule has 0 N–H and O–H groups in total. The van der Waals surface area contributed by atoms with E-state index in [2.05, 4.69) is 28.2 Å². The van der Waals surface area contributed by atoms with Crippen LogP contribution < -0.4 is 0 Å². The van der Waals surface area contributed by atoms with Gasteiger partial charge in [-0.05, 0) is 0 Å². The van der Waals surface area contributed by atoms with Crippen molar-refractivity contribution in [2.75, 3.05) is 28.2 Å². The maximum absolute atomic E-state index is 8.25. The first-order valence-corrected chi connectivity index (χ1v) is 2.34. The van der Waals surface area contributed by atoms with E-state index in [-0.39, 0.29) is 41.7 Å². The van der Waals surface area contributed by atoms with Crippen molar-refractivity contribution in [1.29, 1.82) is 0 Å². The van der Waals surface area contributed by atoms with Crippen molar-refractivity contribution in [3.05, 3.63) is 15.3 Å². The van der Waals surface area contributed by atoms with Crippen LogP contribution in [0.5, 0.6) is 0 Å². The molecule has 0 radical (unpaired) electrons. The molecule has 6 heteroatoms. The predicted octanol–water partition coefficient (Wildman–Crippen LogP) is 0.0833. The van der Waals surface area contributed by atoms with Crippen LogP contribution in [0.4, 0.5) is 0 Å². The molecule has 0 aromatic carbocycles. The maximum Gasteiger partial charge on any atom is 0.0689 e. The smallest absolute Gasteiger partial charge is 0.0689 e. The molecule has 0 aliphatic heterocycles. The molecule has 0 unspecified atom stereocenters. The van der Waals surface area contributed by atoms with Gasteiger partial charge in [0.05, 0.1) is 33.3 Å². The molecular weight excluding hydrogens is 264 g/mol. The van der Waals surface area contributed by atoms with E-state index in [0.29, 0.717) is 0 Å². The van der Waals surface area contributed by atoms with Gasteiger partial charge in [-0.1, -0.05) is 0 Å². The Morgan fingerprint density at radius 1 is 1.10 bits per heavy atom. The minimum Gasteiger partial charge on any atom is -0.356 e. The molecule has 5 nitrogen and oxygen atoms in total. The molecule has 0 aromatic heterocycles. The summed E-state index contributed by atoms with van der Waals surface area (Å²) in [4.78, 5) is 8.25. The molecule has 10 heavy (non-hydrogen) atoms. The van der Waals surface area contributed by atoms with Gasteiger partial charge >= 0.3 is 0 Å². The van der Waals surface area contributed by atoms with Crippen LogP contribution in [-0.2, 0) is 0 Å². The van der Waals surface area contributed by atoms with Crippen LogP contribution >= 0.6 is 0 Å². The van der Waals surface area contributed by atoms with Crippen molar-refractivity contribution < 1.29 is 51.3 Å². The molecule has 0 saturated heterocycles. The molecule has 0 aromatic rings. The number of quaternary nitrogens is 1. The summed E-state index contributed by atoms with van der Waals surface area (Å²) in [5.41, 5.74) is 0. The van der Waals surface area contributed by atoms with Gasteiger partial charge in [0.25, 0.3) is 0 Å². The zero-order valence-corrected chi connectivity index (χ0v) is 9.76. The third-order valence-corrected chi connectivity index (χ3v) is 0. The van der Waals surface area contributed by atoms with E-state index in [1.807, 2.05) is 0 Å². The van der Waals surface area contributed by atoms with Crippen LogP contribution in [-0.4, -0.2) is 37.8 Å². The van der Waals surface area contributed by atoms with Crippen LogP contribution in [0.25, 0.3) is 0 Å². The van der Waals surface area contributed by atoms with Crippen LogP contribution in [0.15, 0.2) is 0 Å². The summed E-state index contributed by atoms with van der Waals surface area (Å²) in [6.45, 7) is 0. The minimum absolute atomic E-state index is 0. The summed E-state index contributed by atoms with van der Waals surface area (Å²) in [6, 6.07) is 0. The van der Waals surface area contributed by atoms with E-state index >= 15 is 0 Å². The summed E-state index contributed by atoms with van der Waals surface area (Å²) in [5, 5.41) is 14.8. The predicted molar refractivity (Wildman–Crippen MR) is 34.3 cm³/mol. The standard InChI is InChI=1S/C4H12N.Ce.NO3/c1-5(2,3)4;;2-1(3)4/h1-4H3;;/q+1;;-1. The normalized spacial score (nSPS) is 8.40. The Morgan fingerprint density at radius 2 is 1.10 bits per heavy atom. The van der Waals surface area contributed by atoms with Gasteiger partial charge in [-0.25, -0.2) is 0 Å². The van der Waals surface area contributed by atoms with Gasteiger partial charge in [-0.15, -0.1) is 0 Å². The zero-order chi connectivity index (χ0) is 8.08. The molecule has 0 fully saturated rings. The second-order valence-corrected chi connectivity index (χ2v) is 2.91. The van der Waals surface area contributed by atoms with Crippen LogP contribution in [0.1, 0.15) is 0 Å². The van der Waals surface area contributed by atoms with E-state index in [1.165, 1.54) is 0 Å². The second-order valence-electron chi connectivity index (χ2n) is 2.91. The molecule has 0 heterocycles. The second kappa shape index (κ2) is 7.64. The van der Waals surface area contributed by atoms with Gasteiger partial charge in [0.1, 0.15) is 0 Å². The minimum atomic E-state index is -1.75. The molecular formula is C4H12CeN2O3. The molecule has 0 spiro atoms. The molecule has 0 atom stereocenters. The topological polar surface area (TPSA) is 66.2 Å². The third-order valence-electron chi connectivity index (χ3n) is 0. The Kier molecular flexibility index (Phi) is 12.9. The van der Waals surface area contributed by atoms with Gasteiger partial charge in [-0.2, -0.15) is 0 Å². The van der Waals surface area contributed by atoms with E-state index in [9.17, 15) is 0 Å². The van der Waals surface area contributed by atoms with Gasteiger partial charge in [0, 0.05) is 41.7 Å². The van der Waals surface area contributed by atoms with E-state index < -0.39 is 5.09 Å². The number of nitrogens with zero attached hydrogens (tertiary/aromatic N) is 2. The third kappa shape index (κ3) is 1680. The van der Waals surface area contributed by atoms with Crippen molar-refractivity contribution in [3.63, 3.8) is 0 Å². The number of hydrogen-bond donors (Lipinski definition) is 0. The largest absolute Gasteiger partial charge is 0.356 e. The monoisotopic (exact) mass is 276 g/mol. The maximum atomic E-state index is 8.25. The van der Waals surface area contributed by atoms with Crippen molar-refractivity contribution in [1.82, 2.24) is 0 Å². The molecule has 0 aliphatic rings. The van der Waals surface area contributed by atoms with Gasteiger partial charge in [0.15, 0.2) is 0 Å². The van der Waals surface area contributed by atoms with Gasteiger partial charge in [0.2, 0.25) is 0 Å². The Morgan fingerprint density at radius 3 is 1.10 bits per heavy atom. The fourth-order valence-electron chi connectivity index (χ4n) is 0. The fourth-order valence-corrected chi connectivity index (χ4v) is 0. The number of hydrogen-bond acceptors (Lipinski definition) is 3. The molecule has 0 saturated carbocycles. The van der Waals surface area contributed by atoms with Crippen molar-refractivity contribution >= 4 is 0 Å². The molecule has 0 aliphatic carbocycles. The summed E-state index contributed by atoms with van der Waals surface area (Å²) in [5.74, 6) is 0. The zero-order valence-electron chi connectivity index (χ0n) is 6.62. The van der Waals surface area contributed by atoms with E-state index in [4.69, 9.17) is 15.3 Å². The quantitative estimate of drug-likeness (QED) is 0.357. The van der Waals surface area contributed by atoms with Crippen LogP contribution in [0.2, 0.25) is 0 Å². The SMILES string of the molecule is C[N+](C)(C)C.O=[N+]([O-])[O-].[Ce]. The first-order valence-electron chi connectivity index (χ1n) is 2.34. The van der Waals surface area contributed by atoms with Gasteiger partial charge in [-0.3, -0.25) is 0 Å². The average Bonchev–Trinajstić information content (AvgIpc) is 1.19. The fraction of sp³-hybridized carbons (Fsp3) is 1.00. The molecule has 0 amide bonds. The van der Waals surface area contributed by atoms with Crippen molar-refractivity contribution in [2.45, 2.75) is 0 Å². The van der Waals surface area contributed by atoms with E-state index in [0.717, 1.165) is 4.48 Å². The summed E-state index contributed by atoms with van der Waals surface area (Å²) in [7, 11) is 8.50. The first-order chi connectivity index (χ1) is 3.73. The van der Waals surface area contributed by atoms with Crippen LogP contribution in [0, 0.1) is 57.1 Å².